The maximum Gasteiger partial charge on any atom is 0.208 e. The molecule has 1 atom stereocenters. The van der Waals surface area contributed by atoms with Crippen LogP contribution in [0.5, 0.6) is 0 Å². The molecule has 2 heterocycles. The standard InChI is InChI=1S/C21H23N3O2S/c1-15-6-3-4-9-20(15)27(25,26)18-12-17-7-5-8-19(21(17)23-13-18)24-11-10-22-16(2)14-24/h3-9,12-13,16,22H,10-11,14H2,1-2H3. The summed E-state index contributed by atoms with van der Waals surface area (Å²) in [4.78, 5) is 7.44. The molecule has 2 aromatic carbocycles. The molecule has 140 valence electrons. The number of pyridine rings is 1. The molecule has 3 aromatic rings. The predicted molar refractivity (Wildman–Crippen MR) is 108 cm³/mol. The van der Waals surface area contributed by atoms with Gasteiger partial charge in [0.2, 0.25) is 9.84 Å². The van der Waals surface area contributed by atoms with E-state index in [-0.39, 0.29) is 4.90 Å². The van der Waals surface area contributed by atoms with Crippen molar-refractivity contribution in [1.82, 2.24) is 10.3 Å². The maximum absolute atomic E-state index is 13.1. The lowest BCUT2D eigenvalue weighted by atomic mass is 10.1. The number of fused-ring (bicyclic) bond motifs is 1. The molecular formula is C21H23N3O2S. The van der Waals surface area contributed by atoms with E-state index >= 15 is 0 Å². The summed E-state index contributed by atoms with van der Waals surface area (Å²) in [6, 6.07) is 15.1. The van der Waals surface area contributed by atoms with E-state index in [0.717, 1.165) is 41.8 Å². The van der Waals surface area contributed by atoms with Crippen molar-refractivity contribution in [1.29, 1.82) is 0 Å². The van der Waals surface area contributed by atoms with Crippen molar-refractivity contribution in [2.24, 2.45) is 0 Å². The first-order valence-electron chi connectivity index (χ1n) is 9.14. The third-order valence-corrected chi connectivity index (χ3v) is 6.95. The number of aryl methyl sites for hydroxylation is 1. The normalized spacial score (nSPS) is 18.0. The Morgan fingerprint density at radius 3 is 2.74 bits per heavy atom. The van der Waals surface area contributed by atoms with Crippen LogP contribution in [0.4, 0.5) is 5.69 Å². The zero-order valence-electron chi connectivity index (χ0n) is 15.5. The van der Waals surface area contributed by atoms with E-state index in [9.17, 15) is 8.42 Å². The Balaban J connectivity index is 1.79. The third kappa shape index (κ3) is 3.31. The predicted octanol–water partition coefficient (Wildman–Crippen LogP) is 3.17. The quantitative estimate of drug-likeness (QED) is 0.755. The smallest absolute Gasteiger partial charge is 0.208 e. The molecule has 4 rings (SSSR count). The summed E-state index contributed by atoms with van der Waals surface area (Å²) in [5.74, 6) is 0. The minimum Gasteiger partial charge on any atom is -0.367 e. The number of para-hydroxylation sites is 1. The van der Waals surface area contributed by atoms with E-state index in [2.05, 4.69) is 28.2 Å². The van der Waals surface area contributed by atoms with Crippen molar-refractivity contribution >= 4 is 26.4 Å². The summed E-state index contributed by atoms with van der Waals surface area (Å²) < 4.78 is 26.1. The fourth-order valence-corrected chi connectivity index (χ4v) is 5.14. The molecule has 1 fully saturated rings. The van der Waals surface area contributed by atoms with Crippen LogP contribution in [0.15, 0.2) is 64.5 Å². The van der Waals surface area contributed by atoms with Gasteiger partial charge in [0, 0.05) is 37.3 Å². The number of anilines is 1. The summed E-state index contributed by atoms with van der Waals surface area (Å²) in [5.41, 5.74) is 2.64. The first-order valence-corrected chi connectivity index (χ1v) is 10.6. The molecule has 0 spiro atoms. The van der Waals surface area contributed by atoms with Gasteiger partial charge in [-0.1, -0.05) is 30.3 Å². The van der Waals surface area contributed by atoms with Crippen LogP contribution in [0.3, 0.4) is 0 Å². The average Bonchev–Trinajstić information content (AvgIpc) is 2.67. The van der Waals surface area contributed by atoms with Crippen LogP contribution in [0, 0.1) is 6.92 Å². The number of sulfone groups is 1. The molecule has 6 heteroatoms. The van der Waals surface area contributed by atoms with Gasteiger partial charge in [-0.15, -0.1) is 0 Å². The van der Waals surface area contributed by atoms with Gasteiger partial charge in [-0.3, -0.25) is 4.98 Å². The van der Waals surface area contributed by atoms with Gasteiger partial charge in [0.05, 0.1) is 21.0 Å². The topological polar surface area (TPSA) is 62.3 Å². The minimum atomic E-state index is -3.59. The van der Waals surface area contributed by atoms with E-state index in [1.54, 1.807) is 18.2 Å². The van der Waals surface area contributed by atoms with Crippen LogP contribution in [-0.2, 0) is 9.84 Å². The molecule has 1 aromatic heterocycles. The molecular weight excluding hydrogens is 358 g/mol. The second-order valence-corrected chi connectivity index (χ2v) is 9.01. The van der Waals surface area contributed by atoms with E-state index in [1.165, 1.54) is 6.20 Å². The molecule has 1 saturated heterocycles. The fraction of sp³-hybridized carbons (Fsp3) is 0.286. The number of aromatic nitrogens is 1. The van der Waals surface area contributed by atoms with E-state index in [4.69, 9.17) is 0 Å². The van der Waals surface area contributed by atoms with Gasteiger partial charge < -0.3 is 10.2 Å². The summed E-state index contributed by atoms with van der Waals surface area (Å²) in [7, 11) is -3.59. The number of nitrogens with one attached hydrogen (secondary N) is 1. The van der Waals surface area contributed by atoms with Crippen LogP contribution in [0.1, 0.15) is 12.5 Å². The lowest BCUT2D eigenvalue weighted by Gasteiger charge is -2.34. The van der Waals surface area contributed by atoms with Gasteiger partial charge in [0.1, 0.15) is 0 Å². The molecule has 0 amide bonds. The van der Waals surface area contributed by atoms with Gasteiger partial charge in [-0.2, -0.15) is 0 Å². The Kier molecular flexibility index (Phi) is 4.61. The van der Waals surface area contributed by atoms with Crippen LogP contribution in [-0.4, -0.2) is 39.1 Å². The summed E-state index contributed by atoms with van der Waals surface area (Å²) in [6.45, 7) is 6.72. The molecule has 0 saturated carbocycles. The van der Waals surface area contributed by atoms with Crippen LogP contribution >= 0.6 is 0 Å². The summed E-state index contributed by atoms with van der Waals surface area (Å²) in [6.07, 6.45) is 1.49. The second-order valence-electron chi connectivity index (χ2n) is 7.09. The second kappa shape index (κ2) is 6.94. The monoisotopic (exact) mass is 381 g/mol. The Labute approximate surface area is 160 Å². The zero-order chi connectivity index (χ0) is 19.0. The Bertz CT molecular complexity index is 1100. The summed E-state index contributed by atoms with van der Waals surface area (Å²) in [5, 5.41) is 4.28. The number of benzene rings is 2. The van der Waals surface area contributed by atoms with Crippen LogP contribution < -0.4 is 10.2 Å². The molecule has 0 aliphatic carbocycles. The first kappa shape index (κ1) is 17.9. The van der Waals surface area contributed by atoms with Gasteiger partial charge >= 0.3 is 0 Å². The fourth-order valence-electron chi connectivity index (χ4n) is 3.66. The van der Waals surface area contributed by atoms with Gasteiger partial charge in [-0.25, -0.2) is 8.42 Å². The summed E-state index contributed by atoms with van der Waals surface area (Å²) >= 11 is 0. The highest BCUT2D eigenvalue weighted by molar-refractivity contribution is 7.91. The molecule has 0 bridgehead atoms. The first-order chi connectivity index (χ1) is 13.0. The minimum absolute atomic E-state index is 0.232. The molecule has 0 radical (unpaired) electrons. The van der Waals surface area contributed by atoms with Crippen molar-refractivity contribution in [2.75, 3.05) is 24.5 Å². The highest BCUT2D eigenvalue weighted by Crippen LogP contribution is 2.30. The molecule has 1 aliphatic heterocycles. The van der Waals surface area contributed by atoms with Gasteiger partial charge in [0.25, 0.3) is 0 Å². The zero-order valence-corrected chi connectivity index (χ0v) is 16.3. The number of nitrogens with zero attached hydrogens (tertiary/aromatic N) is 2. The average molecular weight is 382 g/mol. The largest absolute Gasteiger partial charge is 0.367 e. The Morgan fingerprint density at radius 1 is 1.15 bits per heavy atom. The van der Waals surface area contributed by atoms with Crippen molar-refractivity contribution < 1.29 is 8.42 Å². The van der Waals surface area contributed by atoms with Crippen molar-refractivity contribution in [3.8, 4) is 0 Å². The lowest BCUT2D eigenvalue weighted by Crippen LogP contribution is -2.49. The molecule has 5 nitrogen and oxygen atoms in total. The number of piperazine rings is 1. The van der Waals surface area contributed by atoms with E-state index in [0.29, 0.717) is 10.9 Å². The van der Waals surface area contributed by atoms with Crippen LogP contribution in [0.2, 0.25) is 0 Å². The molecule has 1 N–H and O–H groups in total. The van der Waals surface area contributed by atoms with Crippen LogP contribution in [0.25, 0.3) is 10.9 Å². The maximum atomic E-state index is 13.1. The number of hydrogen-bond donors (Lipinski definition) is 1. The molecule has 1 unspecified atom stereocenters. The molecule has 1 aliphatic rings. The Morgan fingerprint density at radius 2 is 1.96 bits per heavy atom. The van der Waals surface area contributed by atoms with Crippen molar-refractivity contribution in [3.63, 3.8) is 0 Å². The van der Waals surface area contributed by atoms with E-state index in [1.807, 2.05) is 31.2 Å². The van der Waals surface area contributed by atoms with Gasteiger partial charge in [-0.05, 0) is 37.6 Å². The van der Waals surface area contributed by atoms with Crippen molar-refractivity contribution in [3.05, 3.63) is 60.3 Å². The van der Waals surface area contributed by atoms with E-state index < -0.39 is 9.84 Å². The number of rotatable bonds is 3. The molecule has 27 heavy (non-hydrogen) atoms. The van der Waals surface area contributed by atoms with Gasteiger partial charge in [0.15, 0.2) is 0 Å². The highest BCUT2D eigenvalue weighted by atomic mass is 32.2. The lowest BCUT2D eigenvalue weighted by molar-refractivity contribution is 0.485. The van der Waals surface area contributed by atoms with Crippen molar-refractivity contribution in [2.45, 2.75) is 29.7 Å². The number of hydrogen-bond acceptors (Lipinski definition) is 5. The third-order valence-electron chi connectivity index (χ3n) is 5.07. The highest BCUT2D eigenvalue weighted by Gasteiger charge is 2.22. The SMILES string of the molecule is Cc1ccccc1S(=O)(=O)c1cnc2c(N3CCNC(C)C3)cccc2c1. The Hall–Kier alpha value is -2.44.